The summed E-state index contributed by atoms with van der Waals surface area (Å²) in [6.07, 6.45) is 3.96. The van der Waals surface area contributed by atoms with E-state index in [9.17, 15) is 0 Å². The third-order valence-electron chi connectivity index (χ3n) is 4.64. The van der Waals surface area contributed by atoms with Gasteiger partial charge in [-0.05, 0) is 29.3 Å². The Balaban J connectivity index is 1.56. The van der Waals surface area contributed by atoms with E-state index in [1.54, 1.807) is 0 Å². The lowest BCUT2D eigenvalue weighted by molar-refractivity contribution is 0.748. The number of nitrogens with zero attached hydrogens (tertiary/aromatic N) is 2. The molecule has 140 valence electrons. The molecule has 0 spiro atoms. The molecule has 1 aromatic heterocycles. The predicted molar refractivity (Wildman–Crippen MR) is 118 cm³/mol. The number of hydrazone groups is 1. The molecule has 1 N–H and O–H groups in total. The van der Waals surface area contributed by atoms with E-state index in [-0.39, 0.29) is 0 Å². The molecule has 4 aromatic rings. The van der Waals surface area contributed by atoms with Crippen LogP contribution in [0.5, 0.6) is 0 Å². The van der Waals surface area contributed by atoms with Crippen LogP contribution in [-0.2, 0) is 13.1 Å². The second kappa shape index (κ2) is 8.51. The minimum Gasteiger partial charge on any atom is -0.342 e. The van der Waals surface area contributed by atoms with Crippen molar-refractivity contribution in [3.8, 4) is 0 Å². The van der Waals surface area contributed by atoms with E-state index in [1.165, 1.54) is 0 Å². The van der Waals surface area contributed by atoms with Crippen molar-refractivity contribution < 1.29 is 0 Å². The zero-order valence-corrected chi connectivity index (χ0v) is 16.7. The highest BCUT2D eigenvalue weighted by Crippen LogP contribution is 2.23. The topological polar surface area (TPSA) is 29.3 Å². The van der Waals surface area contributed by atoms with Crippen molar-refractivity contribution in [2.45, 2.75) is 13.1 Å². The maximum atomic E-state index is 6.35. The van der Waals surface area contributed by atoms with Gasteiger partial charge in [0.15, 0.2) is 0 Å². The van der Waals surface area contributed by atoms with Crippen LogP contribution in [0.1, 0.15) is 16.7 Å². The normalized spacial score (nSPS) is 11.4. The molecule has 0 unspecified atom stereocenters. The largest absolute Gasteiger partial charge is 0.342 e. The summed E-state index contributed by atoms with van der Waals surface area (Å²) < 4.78 is 2.20. The first-order chi connectivity index (χ1) is 13.7. The highest BCUT2D eigenvalue weighted by Gasteiger charge is 2.08. The van der Waals surface area contributed by atoms with Gasteiger partial charge >= 0.3 is 0 Å². The molecule has 3 aromatic carbocycles. The molecule has 4 rings (SSSR count). The summed E-state index contributed by atoms with van der Waals surface area (Å²) in [7, 11) is 0. The molecule has 0 saturated carbocycles. The molecule has 0 radical (unpaired) electrons. The molecule has 3 nitrogen and oxygen atoms in total. The van der Waals surface area contributed by atoms with Gasteiger partial charge in [0.2, 0.25) is 0 Å². The first-order valence-electron chi connectivity index (χ1n) is 9.03. The molecule has 0 aliphatic rings. The smallest absolute Gasteiger partial charge is 0.0594 e. The fraction of sp³-hybridized carbons (Fsp3) is 0.0870. The van der Waals surface area contributed by atoms with E-state index in [1.807, 2.05) is 60.8 Å². The monoisotopic (exact) mass is 407 g/mol. The molecule has 0 saturated heterocycles. The zero-order valence-electron chi connectivity index (χ0n) is 15.1. The molecule has 0 atom stereocenters. The van der Waals surface area contributed by atoms with Crippen LogP contribution in [0, 0.1) is 0 Å². The van der Waals surface area contributed by atoms with Gasteiger partial charge < -0.3 is 9.99 Å². The van der Waals surface area contributed by atoms with E-state index in [2.05, 4.69) is 39.5 Å². The highest BCUT2D eigenvalue weighted by atomic mass is 35.5. The molecule has 0 fully saturated rings. The molecular weight excluding hydrogens is 389 g/mol. The molecular formula is C23H19Cl2N3. The third-order valence-corrected chi connectivity index (χ3v) is 5.38. The first-order valence-corrected chi connectivity index (χ1v) is 9.78. The van der Waals surface area contributed by atoms with Gasteiger partial charge in [-0.1, -0.05) is 77.8 Å². The maximum Gasteiger partial charge on any atom is 0.0594 e. The van der Waals surface area contributed by atoms with Gasteiger partial charge in [-0.3, -0.25) is 0 Å². The molecule has 5 heteroatoms. The van der Waals surface area contributed by atoms with Crippen LogP contribution in [0.4, 0.5) is 0 Å². The Morgan fingerprint density at radius 2 is 1.46 bits per heavy atom. The summed E-state index contributed by atoms with van der Waals surface area (Å²) in [5.41, 5.74) is 7.38. The Hall–Kier alpha value is -2.75. The van der Waals surface area contributed by atoms with Crippen LogP contribution in [0.3, 0.4) is 0 Å². The van der Waals surface area contributed by atoms with E-state index in [4.69, 9.17) is 23.2 Å². The number of fused-ring (bicyclic) bond motifs is 1. The zero-order chi connectivity index (χ0) is 19.3. The van der Waals surface area contributed by atoms with Crippen molar-refractivity contribution in [1.29, 1.82) is 0 Å². The SMILES string of the molecule is Clc1ccccc1CN/N=C\c1cn(Cc2ccccc2Cl)c2ccccc12. The number of halogens is 2. The van der Waals surface area contributed by atoms with E-state index < -0.39 is 0 Å². The summed E-state index contributed by atoms with van der Waals surface area (Å²) in [5, 5.41) is 7.06. The molecule has 0 bridgehead atoms. The summed E-state index contributed by atoms with van der Waals surface area (Å²) in [6, 6.07) is 24.0. The first kappa shape index (κ1) is 18.6. The summed E-state index contributed by atoms with van der Waals surface area (Å²) in [5.74, 6) is 0. The fourth-order valence-electron chi connectivity index (χ4n) is 3.21. The summed E-state index contributed by atoms with van der Waals surface area (Å²) in [6.45, 7) is 1.29. The Bertz CT molecular complexity index is 1130. The minimum atomic E-state index is 0.578. The molecule has 0 amide bonds. The second-order valence-corrected chi connectivity index (χ2v) is 7.32. The molecule has 0 aliphatic carbocycles. The van der Waals surface area contributed by atoms with Crippen LogP contribution in [0.25, 0.3) is 10.9 Å². The Labute approximate surface area is 174 Å². The summed E-state index contributed by atoms with van der Waals surface area (Å²) >= 11 is 12.5. The van der Waals surface area contributed by atoms with E-state index >= 15 is 0 Å². The molecule has 1 heterocycles. The Morgan fingerprint density at radius 1 is 0.821 bits per heavy atom. The fourth-order valence-corrected chi connectivity index (χ4v) is 3.60. The van der Waals surface area contributed by atoms with E-state index in [0.29, 0.717) is 13.1 Å². The van der Waals surface area contributed by atoms with Gasteiger partial charge in [0.1, 0.15) is 0 Å². The van der Waals surface area contributed by atoms with Gasteiger partial charge in [0.05, 0.1) is 12.8 Å². The Kier molecular flexibility index (Phi) is 5.65. The van der Waals surface area contributed by atoms with Crippen LogP contribution in [0.15, 0.2) is 84.1 Å². The van der Waals surface area contributed by atoms with Gasteiger partial charge in [0.25, 0.3) is 0 Å². The number of para-hydroxylation sites is 1. The predicted octanol–water partition coefficient (Wildman–Crippen LogP) is 6.12. The van der Waals surface area contributed by atoms with Crippen molar-refractivity contribution in [3.05, 3.63) is 106 Å². The van der Waals surface area contributed by atoms with Crippen molar-refractivity contribution in [2.75, 3.05) is 0 Å². The number of rotatable bonds is 6. The number of aromatic nitrogens is 1. The highest BCUT2D eigenvalue weighted by molar-refractivity contribution is 6.31. The van der Waals surface area contributed by atoms with Crippen molar-refractivity contribution in [1.82, 2.24) is 9.99 Å². The van der Waals surface area contributed by atoms with Gasteiger partial charge in [-0.15, -0.1) is 0 Å². The van der Waals surface area contributed by atoms with Gasteiger partial charge in [-0.2, -0.15) is 5.10 Å². The maximum absolute atomic E-state index is 6.35. The average Bonchev–Trinajstić information content (AvgIpc) is 3.06. The van der Waals surface area contributed by atoms with Gasteiger partial charge in [-0.25, -0.2) is 0 Å². The van der Waals surface area contributed by atoms with Crippen LogP contribution < -0.4 is 5.43 Å². The average molecular weight is 408 g/mol. The van der Waals surface area contributed by atoms with Crippen LogP contribution in [-0.4, -0.2) is 10.8 Å². The van der Waals surface area contributed by atoms with Crippen molar-refractivity contribution in [2.24, 2.45) is 5.10 Å². The van der Waals surface area contributed by atoms with Gasteiger partial charge in [0, 0.05) is 39.3 Å². The minimum absolute atomic E-state index is 0.578. The van der Waals surface area contributed by atoms with Crippen molar-refractivity contribution >= 4 is 40.3 Å². The lowest BCUT2D eigenvalue weighted by Crippen LogP contribution is -2.05. The second-order valence-electron chi connectivity index (χ2n) is 6.51. The lowest BCUT2D eigenvalue weighted by Gasteiger charge is -2.07. The molecule has 28 heavy (non-hydrogen) atoms. The third kappa shape index (κ3) is 4.06. The van der Waals surface area contributed by atoms with Crippen molar-refractivity contribution in [3.63, 3.8) is 0 Å². The lowest BCUT2D eigenvalue weighted by atomic mass is 10.2. The number of hydrogen-bond acceptors (Lipinski definition) is 2. The van der Waals surface area contributed by atoms with Crippen LogP contribution >= 0.6 is 23.2 Å². The Morgan fingerprint density at radius 3 is 2.21 bits per heavy atom. The summed E-state index contributed by atoms with van der Waals surface area (Å²) in [4.78, 5) is 0. The van der Waals surface area contributed by atoms with Crippen LogP contribution in [0.2, 0.25) is 10.0 Å². The number of hydrogen-bond donors (Lipinski definition) is 1. The quantitative estimate of drug-likeness (QED) is 0.302. The number of benzene rings is 3. The molecule has 0 aliphatic heterocycles. The number of nitrogens with one attached hydrogen (secondary N) is 1. The standard InChI is InChI=1S/C23H19Cl2N3/c24-21-10-4-1-7-17(21)13-26-27-14-19-16-28(23-12-6-3-9-20(19)23)15-18-8-2-5-11-22(18)25/h1-12,14,16,26H,13,15H2/b27-14-. The van der Waals surface area contributed by atoms with E-state index in [0.717, 1.165) is 37.6 Å².